The number of phenols is 1. The summed E-state index contributed by atoms with van der Waals surface area (Å²) in [5.74, 6) is -1.44. The molecule has 0 bridgehead atoms. The maximum Gasteiger partial charge on any atom is 0.446 e. The molecule has 0 aliphatic carbocycles. The largest absolute Gasteiger partial charge is 0.508 e. The van der Waals surface area contributed by atoms with E-state index in [4.69, 9.17) is 0 Å². The Bertz CT molecular complexity index is 748. The number of halogens is 3. The highest BCUT2D eigenvalue weighted by molar-refractivity contribution is 8.00. The number of amides is 2. The van der Waals surface area contributed by atoms with Gasteiger partial charge in [0, 0.05) is 16.0 Å². The first-order chi connectivity index (χ1) is 11.2. The molecular weight excluding hydrogens is 345 g/mol. The quantitative estimate of drug-likeness (QED) is 0.583. The SMILES string of the molecule is O=C(NNC(=O)c1cccc(O)c1)c1ccc(SC(F)(F)F)cc1. The molecule has 2 aromatic rings. The van der Waals surface area contributed by atoms with E-state index in [0.29, 0.717) is 0 Å². The summed E-state index contributed by atoms with van der Waals surface area (Å²) in [6.45, 7) is 0. The van der Waals surface area contributed by atoms with Crippen molar-refractivity contribution in [2.75, 3.05) is 0 Å². The van der Waals surface area contributed by atoms with Gasteiger partial charge in [0.1, 0.15) is 5.75 Å². The molecular formula is C15H11F3N2O3S. The Balaban J connectivity index is 1.94. The number of carbonyl (C=O) groups is 2. The van der Waals surface area contributed by atoms with Crippen LogP contribution in [0.3, 0.4) is 0 Å². The first-order valence-corrected chi connectivity index (χ1v) is 7.32. The lowest BCUT2D eigenvalue weighted by Crippen LogP contribution is -2.41. The molecule has 0 aromatic heterocycles. The van der Waals surface area contributed by atoms with E-state index in [-0.39, 0.29) is 33.5 Å². The van der Waals surface area contributed by atoms with Crippen LogP contribution in [0.4, 0.5) is 13.2 Å². The number of benzene rings is 2. The lowest BCUT2D eigenvalue weighted by Gasteiger charge is -2.09. The van der Waals surface area contributed by atoms with Crippen LogP contribution in [0.15, 0.2) is 53.4 Å². The van der Waals surface area contributed by atoms with Crippen molar-refractivity contribution in [3.05, 3.63) is 59.7 Å². The molecule has 0 unspecified atom stereocenters. The monoisotopic (exact) mass is 356 g/mol. The van der Waals surface area contributed by atoms with Crippen LogP contribution in [-0.2, 0) is 0 Å². The third-order valence-corrected chi connectivity index (χ3v) is 3.49. The molecule has 0 fully saturated rings. The van der Waals surface area contributed by atoms with Crippen LogP contribution >= 0.6 is 11.8 Å². The Kier molecular flexibility index (Phi) is 5.35. The predicted octanol–water partition coefficient (Wildman–Crippen LogP) is 3.08. The number of thioether (sulfide) groups is 1. The average molecular weight is 356 g/mol. The van der Waals surface area contributed by atoms with Crippen LogP contribution in [0.1, 0.15) is 20.7 Å². The number of hydrogen-bond acceptors (Lipinski definition) is 4. The van der Waals surface area contributed by atoms with Gasteiger partial charge in [0.05, 0.1) is 0 Å². The molecule has 2 amide bonds. The summed E-state index contributed by atoms with van der Waals surface area (Å²) in [5, 5.41) is 9.27. The molecule has 5 nitrogen and oxygen atoms in total. The molecule has 0 atom stereocenters. The minimum Gasteiger partial charge on any atom is -0.508 e. The fraction of sp³-hybridized carbons (Fsp3) is 0.0667. The number of aromatic hydroxyl groups is 1. The fourth-order valence-electron chi connectivity index (χ4n) is 1.71. The van der Waals surface area contributed by atoms with Gasteiger partial charge >= 0.3 is 5.51 Å². The maximum absolute atomic E-state index is 12.2. The van der Waals surface area contributed by atoms with Crippen LogP contribution in [-0.4, -0.2) is 22.4 Å². The van der Waals surface area contributed by atoms with Gasteiger partial charge in [-0.05, 0) is 54.2 Å². The number of hydrazine groups is 1. The standard InChI is InChI=1S/C15H11F3N2O3S/c16-15(17,18)24-12-6-4-9(5-7-12)13(22)19-20-14(23)10-2-1-3-11(21)8-10/h1-8,21H,(H,19,22)(H,20,23). The highest BCUT2D eigenvalue weighted by atomic mass is 32.2. The molecule has 3 N–H and O–H groups in total. The molecule has 0 radical (unpaired) electrons. The normalized spacial score (nSPS) is 11.0. The van der Waals surface area contributed by atoms with Gasteiger partial charge in [0.25, 0.3) is 11.8 Å². The molecule has 0 spiro atoms. The number of hydrogen-bond donors (Lipinski definition) is 3. The summed E-state index contributed by atoms with van der Waals surface area (Å²) in [7, 11) is 0. The van der Waals surface area contributed by atoms with E-state index >= 15 is 0 Å². The van der Waals surface area contributed by atoms with E-state index < -0.39 is 17.3 Å². The lowest BCUT2D eigenvalue weighted by molar-refractivity contribution is -0.0328. The van der Waals surface area contributed by atoms with E-state index in [2.05, 4.69) is 10.9 Å². The lowest BCUT2D eigenvalue weighted by atomic mass is 10.2. The third-order valence-electron chi connectivity index (χ3n) is 2.75. The zero-order valence-electron chi connectivity index (χ0n) is 11.9. The Morgan fingerprint density at radius 1 is 0.917 bits per heavy atom. The molecule has 0 aliphatic rings. The van der Waals surface area contributed by atoms with E-state index in [0.717, 1.165) is 12.1 Å². The molecule has 0 saturated heterocycles. The summed E-state index contributed by atoms with van der Waals surface area (Å²) < 4.78 is 36.7. The minimum absolute atomic E-state index is 0.0529. The smallest absolute Gasteiger partial charge is 0.446 e. The van der Waals surface area contributed by atoms with Crippen LogP contribution in [0, 0.1) is 0 Å². The van der Waals surface area contributed by atoms with Gasteiger partial charge in [-0.15, -0.1) is 0 Å². The highest BCUT2D eigenvalue weighted by Gasteiger charge is 2.29. The van der Waals surface area contributed by atoms with Crippen LogP contribution in [0.25, 0.3) is 0 Å². The maximum atomic E-state index is 12.2. The highest BCUT2D eigenvalue weighted by Crippen LogP contribution is 2.36. The van der Waals surface area contributed by atoms with E-state index in [9.17, 15) is 27.9 Å². The summed E-state index contributed by atoms with van der Waals surface area (Å²) in [5.41, 5.74) is 0.0869. The Labute approximate surface area is 138 Å². The number of phenolic OH excluding ortho intramolecular Hbond substituents is 1. The van der Waals surface area contributed by atoms with Crippen molar-refractivity contribution in [1.82, 2.24) is 10.9 Å². The van der Waals surface area contributed by atoms with Crippen molar-refractivity contribution in [3.63, 3.8) is 0 Å². The van der Waals surface area contributed by atoms with Crippen molar-refractivity contribution in [1.29, 1.82) is 0 Å². The summed E-state index contributed by atoms with van der Waals surface area (Å²) in [6, 6.07) is 10.2. The second-order valence-corrected chi connectivity index (χ2v) is 5.67. The number of rotatable bonds is 3. The van der Waals surface area contributed by atoms with E-state index in [1.54, 1.807) is 0 Å². The fourth-order valence-corrected chi connectivity index (χ4v) is 2.25. The molecule has 2 aromatic carbocycles. The van der Waals surface area contributed by atoms with E-state index in [1.807, 2.05) is 0 Å². The van der Waals surface area contributed by atoms with Crippen LogP contribution in [0.2, 0.25) is 0 Å². The molecule has 0 heterocycles. The first kappa shape index (κ1) is 17.7. The summed E-state index contributed by atoms with van der Waals surface area (Å²) in [4.78, 5) is 23.6. The zero-order chi connectivity index (χ0) is 17.7. The average Bonchev–Trinajstić information content (AvgIpc) is 2.51. The topological polar surface area (TPSA) is 78.4 Å². The van der Waals surface area contributed by atoms with Gasteiger partial charge in [-0.3, -0.25) is 20.4 Å². The summed E-state index contributed by atoms with van der Waals surface area (Å²) in [6.07, 6.45) is 0. The zero-order valence-corrected chi connectivity index (χ0v) is 12.7. The van der Waals surface area contributed by atoms with Gasteiger partial charge < -0.3 is 5.11 Å². The number of alkyl halides is 3. The molecule has 0 saturated carbocycles. The van der Waals surface area contributed by atoms with Gasteiger partial charge in [-0.25, -0.2) is 0 Å². The first-order valence-electron chi connectivity index (χ1n) is 6.50. The number of nitrogens with one attached hydrogen (secondary N) is 2. The Morgan fingerprint density at radius 2 is 1.50 bits per heavy atom. The van der Waals surface area contributed by atoms with Crippen molar-refractivity contribution in [2.45, 2.75) is 10.4 Å². The van der Waals surface area contributed by atoms with Gasteiger partial charge in [-0.2, -0.15) is 13.2 Å². The van der Waals surface area contributed by atoms with Crippen molar-refractivity contribution in [2.24, 2.45) is 0 Å². The summed E-state index contributed by atoms with van der Waals surface area (Å²) >= 11 is -0.287. The van der Waals surface area contributed by atoms with Gasteiger partial charge in [0.15, 0.2) is 0 Å². The van der Waals surface area contributed by atoms with Crippen molar-refractivity contribution in [3.8, 4) is 5.75 Å². The van der Waals surface area contributed by atoms with Gasteiger partial charge in [0.2, 0.25) is 0 Å². The van der Waals surface area contributed by atoms with Crippen LogP contribution in [0.5, 0.6) is 5.75 Å². The third kappa shape index (κ3) is 5.20. The van der Waals surface area contributed by atoms with E-state index in [1.165, 1.54) is 36.4 Å². The Morgan fingerprint density at radius 3 is 2.04 bits per heavy atom. The Hall–Kier alpha value is -2.68. The van der Waals surface area contributed by atoms with Crippen molar-refractivity contribution >= 4 is 23.6 Å². The van der Waals surface area contributed by atoms with Crippen molar-refractivity contribution < 1.29 is 27.9 Å². The predicted molar refractivity (Wildman–Crippen MR) is 81.4 cm³/mol. The molecule has 0 aliphatic heterocycles. The molecule has 2 rings (SSSR count). The number of carbonyl (C=O) groups excluding carboxylic acids is 2. The minimum atomic E-state index is -4.40. The van der Waals surface area contributed by atoms with Gasteiger partial charge in [-0.1, -0.05) is 6.07 Å². The van der Waals surface area contributed by atoms with Crippen LogP contribution < -0.4 is 10.9 Å². The molecule has 126 valence electrons. The molecule has 9 heteroatoms. The molecule has 24 heavy (non-hydrogen) atoms. The second kappa shape index (κ2) is 7.26. The second-order valence-electron chi connectivity index (χ2n) is 4.53.